The lowest BCUT2D eigenvalue weighted by Gasteiger charge is -2.24. The Labute approximate surface area is 93.3 Å². The Kier molecular flexibility index (Phi) is 2.39. The van der Waals surface area contributed by atoms with Gasteiger partial charge in [-0.3, -0.25) is 0 Å². The van der Waals surface area contributed by atoms with E-state index in [1.165, 1.54) is 51.5 Å². The molecule has 3 rings (SSSR count). The van der Waals surface area contributed by atoms with Crippen molar-refractivity contribution in [2.24, 2.45) is 11.3 Å². The summed E-state index contributed by atoms with van der Waals surface area (Å²) in [5, 5.41) is 3.75. The fraction of sp³-hybridized carbons (Fsp3) is 0.857. The lowest BCUT2D eigenvalue weighted by molar-refractivity contribution is 0.457. The molecule has 84 valence electrons. The maximum atomic E-state index is 3.75. The number of rotatable bonds is 4. The van der Waals surface area contributed by atoms with Crippen LogP contribution in [0.5, 0.6) is 0 Å². The Bertz CT molecular complexity index is 277. The minimum absolute atomic E-state index is 0.600. The molecule has 3 aliphatic carbocycles. The van der Waals surface area contributed by atoms with Crippen LogP contribution in [0.1, 0.15) is 51.9 Å². The molecular formula is C14H23N. The summed E-state index contributed by atoms with van der Waals surface area (Å²) < 4.78 is 0. The summed E-state index contributed by atoms with van der Waals surface area (Å²) in [6, 6.07) is 0.874. The van der Waals surface area contributed by atoms with Crippen LogP contribution in [0.3, 0.4) is 0 Å². The highest BCUT2D eigenvalue weighted by atomic mass is 15.0. The topological polar surface area (TPSA) is 12.0 Å². The number of allylic oxidation sites excluding steroid dienone is 1. The Morgan fingerprint density at radius 3 is 2.73 bits per heavy atom. The molecule has 0 heterocycles. The standard InChI is InChI=1S/C14H23N/c1-11-9-14(11,10-15-13-7-8-13)12-5-3-2-4-6-12/h5,11,13,15H,2-4,6-10H2,1H3. The molecular weight excluding hydrogens is 182 g/mol. The van der Waals surface area contributed by atoms with E-state index in [4.69, 9.17) is 0 Å². The highest BCUT2D eigenvalue weighted by molar-refractivity contribution is 5.27. The van der Waals surface area contributed by atoms with Gasteiger partial charge in [-0.25, -0.2) is 0 Å². The molecule has 1 N–H and O–H groups in total. The van der Waals surface area contributed by atoms with E-state index in [-0.39, 0.29) is 0 Å². The van der Waals surface area contributed by atoms with Crippen molar-refractivity contribution in [2.75, 3.05) is 6.54 Å². The van der Waals surface area contributed by atoms with Gasteiger partial charge >= 0.3 is 0 Å². The molecule has 0 radical (unpaired) electrons. The summed E-state index contributed by atoms with van der Waals surface area (Å²) in [4.78, 5) is 0. The van der Waals surface area contributed by atoms with Gasteiger partial charge in [-0.15, -0.1) is 0 Å². The van der Waals surface area contributed by atoms with Crippen LogP contribution in [0, 0.1) is 11.3 Å². The van der Waals surface area contributed by atoms with E-state index in [0.717, 1.165) is 12.0 Å². The molecule has 2 atom stereocenters. The molecule has 0 aromatic rings. The van der Waals surface area contributed by atoms with Gasteiger partial charge in [-0.05, 0) is 50.9 Å². The van der Waals surface area contributed by atoms with Crippen molar-refractivity contribution in [1.82, 2.24) is 5.32 Å². The third-order valence-electron chi connectivity index (χ3n) is 4.67. The van der Waals surface area contributed by atoms with Crippen LogP contribution >= 0.6 is 0 Å². The van der Waals surface area contributed by atoms with Gasteiger partial charge in [0.2, 0.25) is 0 Å². The van der Waals surface area contributed by atoms with Crippen LogP contribution in [0.4, 0.5) is 0 Å². The van der Waals surface area contributed by atoms with Gasteiger partial charge in [0.25, 0.3) is 0 Å². The lowest BCUT2D eigenvalue weighted by Crippen LogP contribution is -2.28. The molecule has 0 aliphatic heterocycles. The number of hydrogen-bond acceptors (Lipinski definition) is 1. The summed E-state index contributed by atoms with van der Waals surface area (Å²) in [7, 11) is 0. The van der Waals surface area contributed by atoms with Crippen molar-refractivity contribution in [3.8, 4) is 0 Å². The molecule has 15 heavy (non-hydrogen) atoms. The summed E-state index contributed by atoms with van der Waals surface area (Å²) in [6.45, 7) is 3.70. The monoisotopic (exact) mass is 205 g/mol. The highest BCUT2D eigenvalue weighted by Gasteiger charge is 2.53. The molecule has 0 amide bonds. The van der Waals surface area contributed by atoms with Crippen molar-refractivity contribution in [3.05, 3.63) is 11.6 Å². The van der Waals surface area contributed by atoms with E-state index in [1.807, 2.05) is 0 Å². The lowest BCUT2D eigenvalue weighted by atomic mass is 9.85. The maximum absolute atomic E-state index is 3.75. The molecule has 1 nitrogen and oxygen atoms in total. The van der Waals surface area contributed by atoms with Gasteiger partial charge in [-0.2, -0.15) is 0 Å². The van der Waals surface area contributed by atoms with Gasteiger partial charge in [0.15, 0.2) is 0 Å². The quantitative estimate of drug-likeness (QED) is 0.695. The molecule has 0 saturated heterocycles. The fourth-order valence-electron chi connectivity index (χ4n) is 3.20. The molecule has 2 unspecified atom stereocenters. The zero-order chi connectivity index (χ0) is 10.3. The van der Waals surface area contributed by atoms with Crippen molar-refractivity contribution < 1.29 is 0 Å². The van der Waals surface area contributed by atoms with Crippen molar-refractivity contribution >= 4 is 0 Å². The Morgan fingerprint density at radius 2 is 2.20 bits per heavy atom. The predicted octanol–water partition coefficient (Wildman–Crippen LogP) is 3.27. The Morgan fingerprint density at radius 1 is 1.40 bits per heavy atom. The Balaban J connectivity index is 1.65. The second-order valence-corrected chi connectivity index (χ2v) is 5.89. The second-order valence-electron chi connectivity index (χ2n) is 5.89. The van der Waals surface area contributed by atoms with Gasteiger partial charge < -0.3 is 5.32 Å². The van der Waals surface area contributed by atoms with Crippen LogP contribution in [0.2, 0.25) is 0 Å². The van der Waals surface area contributed by atoms with Gasteiger partial charge in [0, 0.05) is 18.0 Å². The Hall–Kier alpha value is -0.300. The minimum Gasteiger partial charge on any atom is -0.313 e. The van der Waals surface area contributed by atoms with Crippen molar-refractivity contribution in [3.63, 3.8) is 0 Å². The second kappa shape index (κ2) is 3.62. The normalized spacial score (nSPS) is 40.1. The summed E-state index contributed by atoms with van der Waals surface area (Å²) in [6.07, 6.45) is 12.4. The van der Waals surface area contributed by atoms with Crippen LogP contribution in [0.15, 0.2) is 11.6 Å². The molecule has 0 aromatic heterocycles. The first-order chi connectivity index (χ1) is 7.31. The molecule has 2 fully saturated rings. The zero-order valence-electron chi connectivity index (χ0n) is 9.89. The largest absolute Gasteiger partial charge is 0.313 e. The first-order valence-electron chi connectivity index (χ1n) is 6.74. The predicted molar refractivity (Wildman–Crippen MR) is 63.8 cm³/mol. The van der Waals surface area contributed by atoms with Crippen LogP contribution < -0.4 is 5.32 Å². The van der Waals surface area contributed by atoms with Gasteiger partial charge in [0.1, 0.15) is 0 Å². The minimum atomic E-state index is 0.600. The van der Waals surface area contributed by atoms with E-state index in [2.05, 4.69) is 18.3 Å². The molecule has 2 saturated carbocycles. The summed E-state index contributed by atoms with van der Waals surface area (Å²) in [5.74, 6) is 0.938. The average Bonchev–Trinajstić information content (AvgIpc) is 3.14. The van der Waals surface area contributed by atoms with E-state index in [0.29, 0.717) is 5.41 Å². The molecule has 0 spiro atoms. The molecule has 3 aliphatic rings. The number of nitrogens with one attached hydrogen (secondary N) is 1. The van der Waals surface area contributed by atoms with E-state index < -0.39 is 0 Å². The van der Waals surface area contributed by atoms with Crippen molar-refractivity contribution in [1.29, 1.82) is 0 Å². The van der Waals surface area contributed by atoms with E-state index in [9.17, 15) is 0 Å². The van der Waals surface area contributed by atoms with Gasteiger partial charge in [0.05, 0.1) is 0 Å². The molecule has 0 aromatic carbocycles. The molecule has 0 bridgehead atoms. The SMILES string of the molecule is CC1CC1(CNC1CC1)C1=CCCCC1. The van der Waals surface area contributed by atoms with Crippen LogP contribution in [0.25, 0.3) is 0 Å². The van der Waals surface area contributed by atoms with E-state index >= 15 is 0 Å². The summed E-state index contributed by atoms with van der Waals surface area (Å²) in [5.41, 5.74) is 2.40. The fourth-order valence-corrected chi connectivity index (χ4v) is 3.20. The van der Waals surface area contributed by atoms with Gasteiger partial charge in [-0.1, -0.05) is 18.6 Å². The highest BCUT2D eigenvalue weighted by Crippen LogP contribution is 2.59. The zero-order valence-corrected chi connectivity index (χ0v) is 9.89. The van der Waals surface area contributed by atoms with Crippen LogP contribution in [-0.4, -0.2) is 12.6 Å². The average molecular weight is 205 g/mol. The summed E-state index contributed by atoms with van der Waals surface area (Å²) >= 11 is 0. The smallest absolute Gasteiger partial charge is 0.00685 e. The molecule has 1 heteroatoms. The van der Waals surface area contributed by atoms with Crippen molar-refractivity contribution in [2.45, 2.75) is 57.9 Å². The first-order valence-corrected chi connectivity index (χ1v) is 6.74. The number of hydrogen-bond donors (Lipinski definition) is 1. The van der Waals surface area contributed by atoms with Crippen LogP contribution in [-0.2, 0) is 0 Å². The third kappa shape index (κ3) is 1.87. The van der Waals surface area contributed by atoms with E-state index in [1.54, 1.807) is 5.57 Å². The third-order valence-corrected chi connectivity index (χ3v) is 4.67. The maximum Gasteiger partial charge on any atom is 0.00685 e. The first kappa shape index (κ1) is 9.89.